The van der Waals surface area contributed by atoms with E-state index in [1.807, 2.05) is 24.3 Å². The molecule has 1 heterocycles. The van der Waals surface area contributed by atoms with Crippen molar-refractivity contribution < 1.29 is 19.3 Å². The lowest BCUT2D eigenvalue weighted by Gasteiger charge is -2.45. The summed E-state index contributed by atoms with van der Waals surface area (Å²) in [5.41, 5.74) is 3.16. The van der Waals surface area contributed by atoms with E-state index >= 15 is 0 Å². The second kappa shape index (κ2) is 14.0. The largest absolute Gasteiger partial charge is 0.497 e. The summed E-state index contributed by atoms with van der Waals surface area (Å²) in [6.07, 6.45) is 4.11. The number of hydrogen-bond acceptors (Lipinski definition) is 5. The van der Waals surface area contributed by atoms with Gasteiger partial charge in [0.1, 0.15) is 35.6 Å². The fourth-order valence-electron chi connectivity index (χ4n) is 5.91. The third kappa shape index (κ3) is 7.38. The Morgan fingerprint density at radius 2 is 1.52 bits per heavy atom. The minimum absolute atomic E-state index is 0.0948. The number of methoxy groups -OCH3 is 1. The standard InChI is InChI=1S/C35H47NO4/c1-6-8-21-36(22-9-7-2)24-28(37)25-39-29-17-15-26(16-18-29)33-31-20-19-30(38-5)23-32(31)40-35(3,4)34(33)27-13-11-10-12-14-27/h10-20,23,28,33-34,37H,6-9,21-22,24-25H2,1-5H3/t28?,33-,34+/m1/s1. The Hall–Kier alpha value is -3.02. The number of unbranched alkanes of at least 4 members (excludes halogenated alkanes) is 2. The summed E-state index contributed by atoms with van der Waals surface area (Å²) < 4.78 is 18.2. The Morgan fingerprint density at radius 1 is 0.875 bits per heavy atom. The fraction of sp³-hybridized carbons (Fsp3) is 0.486. The minimum atomic E-state index is -0.519. The highest BCUT2D eigenvalue weighted by molar-refractivity contribution is 5.52. The molecule has 5 nitrogen and oxygen atoms in total. The first kappa shape index (κ1) is 30.0. The second-order valence-electron chi connectivity index (χ2n) is 11.5. The van der Waals surface area contributed by atoms with E-state index in [1.165, 1.54) is 11.1 Å². The van der Waals surface area contributed by atoms with Crippen LogP contribution in [0.3, 0.4) is 0 Å². The Labute approximate surface area is 241 Å². The number of benzene rings is 3. The number of aliphatic hydroxyl groups excluding tert-OH is 1. The molecule has 4 rings (SSSR count). The van der Waals surface area contributed by atoms with E-state index in [4.69, 9.17) is 14.2 Å². The van der Waals surface area contributed by atoms with Crippen molar-refractivity contribution >= 4 is 0 Å². The van der Waals surface area contributed by atoms with Gasteiger partial charge in [-0.3, -0.25) is 0 Å². The van der Waals surface area contributed by atoms with Crippen LogP contribution < -0.4 is 14.2 Å². The Bertz CT molecular complexity index is 1170. The van der Waals surface area contributed by atoms with Crippen LogP contribution in [-0.4, -0.2) is 55.1 Å². The van der Waals surface area contributed by atoms with Crippen LogP contribution in [0.4, 0.5) is 0 Å². The quantitative estimate of drug-likeness (QED) is 0.228. The zero-order chi connectivity index (χ0) is 28.5. The summed E-state index contributed by atoms with van der Waals surface area (Å²) >= 11 is 0. The molecule has 0 spiro atoms. The van der Waals surface area contributed by atoms with Gasteiger partial charge in [-0.2, -0.15) is 0 Å². The summed E-state index contributed by atoms with van der Waals surface area (Å²) in [5, 5.41) is 10.7. The lowest BCUT2D eigenvalue weighted by molar-refractivity contribution is 0.0527. The van der Waals surface area contributed by atoms with Gasteiger partial charge in [-0.1, -0.05) is 75.2 Å². The average molecular weight is 546 g/mol. The van der Waals surface area contributed by atoms with Crippen molar-refractivity contribution in [3.8, 4) is 17.2 Å². The Morgan fingerprint density at radius 3 is 2.15 bits per heavy atom. The molecule has 1 N–H and O–H groups in total. The Balaban J connectivity index is 1.53. The zero-order valence-corrected chi connectivity index (χ0v) is 24.9. The molecular weight excluding hydrogens is 498 g/mol. The maximum Gasteiger partial charge on any atom is 0.127 e. The van der Waals surface area contributed by atoms with E-state index in [-0.39, 0.29) is 18.4 Å². The normalized spacial score (nSPS) is 18.6. The predicted octanol–water partition coefficient (Wildman–Crippen LogP) is 7.42. The van der Waals surface area contributed by atoms with Gasteiger partial charge in [0, 0.05) is 30.0 Å². The molecule has 1 aliphatic heterocycles. The number of fused-ring (bicyclic) bond motifs is 1. The molecule has 0 bridgehead atoms. The number of rotatable bonds is 14. The van der Waals surface area contributed by atoms with Crippen molar-refractivity contribution in [3.05, 3.63) is 89.5 Å². The molecule has 3 aromatic rings. The van der Waals surface area contributed by atoms with E-state index in [1.54, 1.807) is 7.11 Å². The molecule has 3 aromatic carbocycles. The predicted molar refractivity (Wildman–Crippen MR) is 163 cm³/mol. The summed E-state index contributed by atoms with van der Waals surface area (Å²) in [5.74, 6) is 2.63. The number of aliphatic hydroxyl groups is 1. The summed E-state index contributed by atoms with van der Waals surface area (Å²) in [6, 6.07) is 25.2. The van der Waals surface area contributed by atoms with Gasteiger partial charge >= 0.3 is 0 Å². The summed E-state index contributed by atoms with van der Waals surface area (Å²) in [6.45, 7) is 11.7. The first-order chi connectivity index (χ1) is 19.4. The smallest absolute Gasteiger partial charge is 0.127 e. The lowest BCUT2D eigenvalue weighted by atomic mass is 9.68. The molecule has 0 aliphatic carbocycles. The highest BCUT2D eigenvalue weighted by Gasteiger charge is 2.45. The van der Waals surface area contributed by atoms with Crippen molar-refractivity contribution in [1.29, 1.82) is 0 Å². The maximum absolute atomic E-state index is 10.7. The molecule has 5 heteroatoms. The van der Waals surface area contributed by atoms with Gasteiger partial charge < -0.3 is 24.2 Å². The first-order valence-electron chi connectivity index (χ1n) is 14.9. The molecule has 3 atom stereocenters. The monoisotopic (exact) mass is 545 g/mol. The Kier molecular flexibility index (Phi) is 10.5. The van der Waals surface area contributed by atoms with E-state index in [0.717, 1.165) is 61.6 Å². The van der Waals surface area contributed by atoms with Gasteiger partial charge in [-0.25, -0.2) is 0 Å². The highest BCUT2D eigenvalue weighted by atomic mass is 16.5. The highest BCUT2D eigenvalue weighted by Crippen LogP contribution is 2.53. The van der Waals surface area contributed by atoms with Crippen LogP contribution in [0, 0.1) is 0 Å². The third-order valence-electron chi connectivity index (χ3n) is 7.98. The molecule has 0 radical (unpaired) electrons. The van der Waals surface area contributed by atoms with E-state index in [0.29, 0.717) is 6.54 Å². The van der Waals surface area contributed by atoms with Crippen LogP contribution in [0.1, 0.15) is 81.9 Å². The summed E-state index contributed by atoms with van der Waals surface area (Å²) in [7, 11) is 1.68. The maximum atomic E-state index is 10.7. The van der Waals surface area contributed by atoms with Gasteiger partial charge in [0.05, 0.1) is 7.11 Å². The topological polar surface area (TPSA) is 51.2 Å². The number of hydrogen-bond donors (Lipinski definition) is 1. The van der Waals surface area contributed by atoms with Gasteiger partial charge in [-0.15, -0.1) is 0 Å². The van der Waals surface area contributed by atoms with Crippen LogP contribution in [0.15, 0.2) is 72.8 Å². The third-order valence-corrected chi connectivity index (χ3v) is 7.98. The molecule has 0 amide bonds. The molecule has 0 saturated carbocycles. The fourth-order valence-corrected chi connectivity index (χ4v) is 5.91. The zero-order valence-electron chi connectivity index (χ0n) is 24.9. The first-order valence-corrected chi connectivity index (χ1v) is 14.9. The molecule has 0 saturated heterocycles. The van der Waals surface area contributed by atoms with Crippen molar-refractivity contribution in [2.45, 2.75) is 76.9 Å². The van der Waals surface area contributed by atoms with Gasteiger partial charge in [-0.05, 0) is 69.1 Å². The number of nitrogens with zero attached hydrogens (tertiary/aromatic N) is 1. The van der Waals surface area contributed by atoms with Gasteiger partial charge in [0.15, 0.2) is 0 Å². The van der Waals surface area contributed by atoms with Crippen LogP contribution in [-0.2, 0) is 0 Å². The molecule has 216 valence electrons. The van der Waals surface area contributed by atoms with Crippen LogP contribution in [0.25, 0.3) is 0 Å². The molecule has 0 fully saturated rings. The van der Waals surface area contributed by atoms with Crippen LogP contribution >= 0.6 is 0 Å². The van der Waals surface area contributed by atoms with Crippen LogP contribution in [0.2, 0.25) is 0 Å². The van der Waals surface area contributed by atoms with Crippen molar-refractivity contribution in [2.24, 2.45) is 0 Å². The SMILES string of the molecule is CCCCN(CCCC)CC(O)COc1ccc([C@@H]2c3ccc(OC)cc3OC(C)(C)[C@H]2c2ccccc2)cc1. The van der Waals surface area contributed by atoms with Crippen molar-refractivity contribution in [1.82, 2.24) is 4.90 Å². The molecule has 1 unspecified atom stereocenters. The molecule has 40 heavy (non-hydrogen) atoms. The van der Waals surface area contributed by atoms with E-state index < -0.39 is 11.7 Å². The molecule has 1 aliphatic rings. The minimum Gasteiger partial charge on any atom is -0.497 e. The molecular formula is C35H47NO4. The van der Waals surface area contributed by atoms with Crippen LogP contribution in [0.5, 0.6) is 17.2 Å². The summed E-state index contributed by atoms with van der Waals surface area (Å²) in [4.78, 5) is 2.37. The van der Waals surface area contributed by atoms with Crippen molar-refractivity contribution in [2.75, 3.05) is 33.4 Å². The van der Waals surface area contributed by atoms with E-state index in [9.17, 15) is 5.11 Å². The average Bonchev–Trinajstić information content (AvgIpc) is 2.96. The van der Waals surface area contributed by atoms with Gasteiger partial charge in [0.25, 0.3) is 0 Å². The van der Waals surface area contributed by atoms with Crippen molar-refractivity contribution in [3.63, 3.8) is 0 Å². The lowest BCUT2D eigenvalue weighted by Crippen LogP contribution is -2.43. The number of ether oxygens (including phenoxy) is 3. The second-order valence-corrected chi connectivity index (χ2v) is 11.5. The van der Waals surface area contributed by atoms with E-state index in [2.05, 4.69) is 81.1 Å². The molecule has 0 aromatic heterocycles. The van der Waals surface area contributed by atoms with Gasteiger partial charge in [0.2, 0.25) is 0 Å².